The van der Waals surface area contributed by atoms with Crippen LogP contribution in [-0.2, 0) is 28.6 Å². The molecule has 0 aliphatic rings. The molecule has 0 heterocycles. The van der Waals surface area contributed by atoms with E-state index < -0.39 is 6.10 Å². The molecule has 0 radical (unpaired) electrons. The van der Waals surface area contributed by atoms with Gasteiger partial charge in [0.15, 0.2) is 6.10 Å². The number of hydrogen-bond acceptors (Lipinski definition) is 6. The molecule has 0 aliphatic carbocycles. The van der Waals surface area contributed by atoms with Crippen molar-refractivity contribution >= 4 is 17.9 Å². The third-order valence-electron chi connectivity index (χ3n) is 12.9. The van der Waals surface area contributed by atoms with E-state index in [9.17, 15) is 14.4 Å². The summed E-state index contributed by atoms with van der Waals surface area (Å²) in [5.41, 5.74) is 0. The smallest absolute Gasteiger partial charge is 0.306 e. The summed E-state index contributed by atoms with van der Waals surface area (Å²) in [6, 6.07) is 0. The fraction of sp³-hybridized carbons (Fsp3) is 0.667. The van der Waals surface area contributed by atoms with Crippen molar-refractivity contribution < 1.29 is 28.6 Å². The number of carbonyl (C=O) groups excluding carboxylic acids is 3. The Labute approximate surface area is 462 Å². The fourth-order valence-corrected chi connectivity index (χ4v) is 8.27. The summed E-state index contributed by atoms with van der Waals surface area (Å²) >= 11 is 0. The molecule has 0 N–H and O–H groups in total. The highest BCUT2D eigenvalue weighted by atomic mass is 16.6. The van der Waals surface area contributed by atoms with Gasteiger partial charge in [-0.1, -0.05) is 258 Å². The molecule has 0 amide bonds. The first-order chi connectivity index (χ1) is 37.0. The van der Waals surface area contributed by atoms with Gasteiger partial charge in [0, 0.05) is 19.3 Å². The lowest BCUT2D eigenvalue weighted by atomic mass is 10.0. The Morgan fingerprint density at radius 3 is 0.880 bits per heavy atom. The van der Waals surface area contributed by atoms with Gasteiger partial charge in [0.1, 0.15) is 13.2 Å². The van der Waals surface area contributed by atoms with Crippen LogP contribution < -0.4 is 0 Å². The van der Waals surface area contributed by atoms with E-state index in [1.54, 1.807) is 0 Å². The molecule has 0 aromatic rings. The van der Waals surface area contributed by atoms with Crippen molar-refractivity contribution in [3.63, 3.8) is 0 Å². The first-order valence-corrected chi connectivity index (χ1v) is 31.0. The van der Waals surface area contributed by atoms with Crippen LogP contribution in [-0.4, -0.2) is 37.2 Å². The average molecular weight is 1040 g/mol. The fourth-order valence-electron chi connectivity index (χ4n) is 8.27. The van der Waals surface area contributed by atoms with Gasteiger partial charge >= 0.3 is 17.9 Å². The predicted molar refractivity (Wildman–Crippen MR) is 325 cm³/mol. The van der Waals surface area contributed by atoms with Gasteiger partial charge in [0.05, 0.1) is 0 Å². The first-order valence-electron chi connectivity index (χ1n) is 31.0. The quantitative estimate of drug-likeness (QED) is 0.0261. The standard InChI is InChI=1S/C69H114O6/c1-4-7-10-13-16-19-22-24-26-27-28-29-30-31-32-33-34-35-36-37-38-39-40-41-42-43-44-46-47-50-53-56-59-62-68(71)74-65-66(64-73-67(70)61-58-55-52-49-21-18-15-12-9-6-3)75-69(72)63-60-57-54-51-48-45-25-23-20-17-14-11-8-5-2/h7,10,12,14-17,19,23-26,28-29,31-32,34-35,37-38,66H,4-6,8-9,11,13,18,20-22,27,30,33,36,39-65H2,1-3H3/b10-7-,15-12-,17-14-,19-16-,25-23-,26-24-,29-28-,32-31-,35-34-,38-37-. The van der Waals surface area contributed by atoms with Gasteiger partial charge in [0.25, 0.3) is 0 Å². The monoisotopic (exact) mass is 1040 g/mol. The van der Waals surface area contributed by atoms with Crippen LogP contribution in [0.25, 0.3) is 0 Å². The number of unbranched alkanes of at least 4 members (excludes halogenated alkanes) is 24. The van der Waals surface area contributed by atoms with Crippen molar-refractivity contribution in [2.45, 2.75) is 284 Å². The predicted octanol–water partition coefficient (Wildman–Crippen LogP) is 21.2. The normalized spacial score (nSPS) is 12.9. The Hall–Kier alpha value is -4.19. The molecule has 0 rings (SSSR count). The summed E-state index contributed by atoms with van der Waals surface area (Å²) < 4.78 is 16.8. The number of allylic oxidation sites excluding steroid dienone is 20. The van der Waals surface area contributed by atoms with E-state index in [2.05, 4.69) is 142 Å². The molecule has 0 saturated carbocycles. The molecule has 0 spiro atoms. The van der Waals surface area contributed by atoms with Crippen LogP contribution in [0.2, 0.25) is 0 Å². The van der Waals surface area contributed by atoms with Crippen molar-refractivity contribution in [2.24, 2.45) is 0 Å². The van der Waals surface area contributed by atoms with Crippen LogP contribution in [0.3, 0.4) is 0 Å². The maximum absolute atomic E-state index is 12.8. The summed E-state index contributed by atoms with van der Waals surface area (Å²) in [6.45, 7) is 6.40. The molecule has 0 aromatic carbocycles. The van der Waals surface area contributed by atoms with Crippen LogP contribution in [0, 0.1) is 0 Å². The molecule has 0 bridgehead atoms. The first kappa shape index (κ1) is 70.8. The zero-order valence-corrected chi connectivity index (χ0v) is 48.8. The zero-order valence-electron chi connectivity index (χ0n) is 48.8. The Bertz CT molecular complexity index is 1570. The van der Waals surface area contributed by atoms with E-state index in [0.717, 1.165) is 148 Å². The highest BCUT2D eigenvalue weighted by molar-refractivity contribution is 5.71. The van der Waals surface area contributed by atoms with Crippen molar-refractivity contribution in [3.8, 4) is 0 Å². The van der Waals surface area contributed by atoms with Crippen LogP contribution in [0.15, 0.2) is 122 Å². The van der Waals surface area contributed by atoms with Crippen LogP contribution in [0.5, 0.6) is 0 Å². The third kappa shape index (κ3) is 60.6. The number of esters is 3. The minimum Gasteiger partial charge on any atom is -0.462 e. The molecule has 1 unspecified atom stereocenters. The van der Waals surface area contributed by atoms with Crippen molar-refractivity contribution in [1.82, 2.24) is 0 Å². The van der Waals surface area contributed by atoms with Gasteiger partial charge < -0.3 is 14.2 Å². The van der Waals surface area contributed by atoms with E-state index >= 15 is 0 Å². The lowest BCUT2D eigenvalue weighted by Crippen LogP contribution is -2.30. The minimum absolute atomic E-state index is 0.0889. The second-order valence-electron chi connectivity index (χ2n) is 20.2. The number of hydrogen-bond donors (Lipinski definition) is 0. The van der Waals surface area contributed by atoms with E-state index in [1.807, 2.05) is 0 Å². The van der Waals surface area contributed by atoms with Gasteiger partial charge in [-0.05, 0) is 122 Å². The molecule has 6 heteroatoms. The number of rotatable bonds is 55. The molecule has 6 nitrogen and oxygen atoms in total. The van der Waals surface area contributed by atoms with Crippen LogP contribution in [0.1, 0.15) is 278 Å². The highest BCUT2D eigenvalue weighted by Crippen LogP contribution is 2.15. The van der Waals surface area contributed by atoms with Crippen LogP contribution >= 0.6 is 0 Å². The molecule has 0 fully saturated rings. The molecular weight excluding hydrogens is 925 g/mol. The summed E-state index contributed by atoms with van der Waals surface area (Å²) in [5.74, 6) is -0.916. The second-order valence-corrected chi connectivity index (χ2v) is 20.2. The average Bonchev–Trinajstić information content (AvgIpc) is 3.41. The molecule has 0 aliphatic heterocycles. The number of carbonyl (C=O) groups is 3. The Morgan fingerprint density at radius 1 is 0.280 bits per heavy atom. The SMILES string of the molecule is CC/C=C\C/C=C\C/C=C\C/C=C\C/C=C\C/C=C\C/C=C\CCCCCCCCCCCCCC(=O)OCC(COC(=O)CCCCCCC/C=C\CCC)OC(=O)CCCCCCC/C=C\C/C=C\CCCC. The number of ether oxygens (including phenoxy) is 3. The molecule has 0 saturated heterocycles. The molecule has 75 heavy (non-hydrogen) atoms. The van der Waals surface area contributed by atoms with E-state index in [0.29, 0.717) is 19.3 Å². The maximum atomic E-state index is 12.8. The molecular formula is C69H114O6. The molecule has 0 aromatic heterocycles. The van der Waals surface area contributed by atoms with Crippen LogP contribution in [0.4, 0.5) is 0 Å². The van der Waals surface area contributed by atoms with Gasteiger partial charge in [-0.15, -0.1) is 0 Å². The van der Waals surface area contributed by atoms with E-state index in [4.69, 9.17) is 14.2 Å². The Morgan fingerprint density at radius 2 is 0.547 bits per heavy atom. The topological polar surface area (TPSA) is 78.9 Å². The van der Waals surface area contributed by atoms with Gasteiger partial charge in [-0.2, -0.15) is 0 Å². The van der Waals surface area contributed by atoms with E-state index in [-0.39, 0.29) is 31.1 Å². The lowest BCUT2D eigenvalue weighted by molar-refractivity contribution is -0.167. The molecule has 1 atom stereocenters. The van der Waals surface area contributed by atoms with Crippen molar-refractivity contribution in [3.05, 3.63) is 122 Å². The largest absolute Gasteiger partial charge is 0.462 e. The lowest BCUT2D eigenvalue weighted by Gasteiger charge is -2.18. The van der Waals surface area contributed by atoms with Gasteiger partial charge in [0.2, 0.25) is 0 Å². The summed E-state index contributed by atoms with van der Waals surface area (Å²) in [5, 5.41) is 0. The minimum atomic E-state index is -0.791. The van der Waals surface area contributed by atoms with Crippen molar-refractivity contribution in [2.75, 3.05) is 13.2 Å². The highest BCUT2D eigenvalue weighted by Gasteiger charge is 2.19. The summed E-state index contributed by atoms with van der Waals surface area (Å²) in [6.07, 6.45) is 86.4. The second kappa shape index (κ2) is 62.4. The summed E-state index contributed by atoms with van der Waals surface area (Å²) in [7, 11) is 0. The van der Waals surface area contributed by atoms with Gasteiger partial charge in [-0.3, -0.25) is 14.4 Å². The molecule has 426 valence electrons. The van der Waals surface area contributed by atoms with Gasteiger partial charge in [-0.25, -0.2) is 0 Å². The third-order valence-corrected chi connectivity index (χ3v) is 12.9. The van der Waals surface area contributed by atoms with Crippen molar-refractivity contribution in [1.29, 1.82) is 0 Å². The maximum Gasteiger partial charge on any atom is 0.306 e. The zero-order chi connectivity index (χ0) is 54.3. The Kier molecular flexibility index (Phi) is 58.9. The Balaban J connectivity index is 4.17. The summed E-state index contributed by atoms with van der Waals surface area (Å²) in [4.78, 5) is 38.1. The van der Waals surface area contributed by atoms with E-state index in [1.165, 1.54) is 89.9 Å².